The van der Waals surface area contributed by atoms with E-state index in [-0.39, 0.29) is 17.8 Å². The van der Waals surface area contributed by atoms with E-state index in [1.165, 1.54) is 12.8 Å². The lowest BCUT2D eigenvalue weighted by atomic mass is 9.70. The molecule has 2 aliphatic carbocycles. The molecule has 2 heteroatoms. The number of hydrogen-bond donors (Lipinski definition) is 0. The molecular weight excluding hydrogens is 284 g/mol. The Balaban J connectivity index is 1.50. The summed E-state index contributed by atoms with van der Waals surface area (Å²) in [6, 6.07) is 10.0. The predicted octanol–water partition coefficient (Wildman–Crippen LogP) is 4.56. The number of rotatable bonds is 3. The minimum Gasteiger partial charge on any atom is -0.348 e. The molecule has 3 aliphatic rings. The van der Waals surface area contributed by atoms with Gasteiger partial charge in [-0.05, 0) is 41.1 Å². The SMILES string of the molecule is C#C[C@H](O[C@@H]1C[C@H]2[C@H]3CC[C@@](C)([C@H]2O1)C3(C)C)c1ccccc1. The third-order valence-electron chi connectivity index (χ3n) is 7.21. The van der Waals surface area contributed by atoms with Gasteiger partial charge in [-0.15, -0.1) is 6.42 Å². The number of hydrogen-bond acceptors (Lipinski definition) is 2. The van der Waals surface area contributed by atoms with Crippen molar-refractivity contribution in [2.75, 3.05) is 0 Å². The van der Waals surface area contributed by atoms with Crippen LogP contribution in [0.5, 0.6) is 0 Å². The van der Waals surface area contributed by atoms with E-state index in [1.807, 2.05) is 30.3 Å². The molecule has 0 N–H and O–H groups in total. The molecule has 4 rings (SSSR count). The van der Waals surface area contributed by atoms with Gasteiger partial charge >= 0.3 is 0 Å². The maximum atomic E-state index is 6.39. The Labute approximate surface area is 139 Å². The fraction of sp³-hybridized carbons (Fsp3) is 0.619. The lowest BCUT2D eigenvalue weighted by Crippen LogP contribution is -2.38. The smallest absolute Gasteiger partial charge is 0.160 e. The Morgan fingerprint density at radius 1 is 1.26 bits per heavy atom. The van der Waals surface area contributed by atoms with E-state index < -0.39 is 0 Å². The average Bonchev–Trinajstić information content (AvgIpc) is 3.11. The third kappa shape index (κ3) is 2.03. The fourth-order valence-electron chi connectivity index (χ4n) is 5.57. The summed E-state index contributed by atoms with van der Waals surface area (Å²) in [6.45, 7) is 7.27. The van der Waals surface area contributed by atoms with E-state index in [1.54, 1.807) is 0 Å². The molecule has 1 heterocycles. The van der Waals surface area contributed by atoms with Gasteiger partial charge in [0.2, 0.25) is 0 Å². The van der Waals surface area contributed by atoms with Crippen LogP contribution in [-0.4, -0.2) is 12.4 Å². The Bertz CT molecular complexity index is 629. The molecule has 1 saturated heterocycles. The molecule has 1 aliphatic heterocycles. The summed E-state index contributed by atoms with van der Waals surface area (Å²) in [5, 5.41) is 0. The molecule has 6 atom stereocenters. The van der Waals surface area contributed by atoms with Gasteiger partial charge in [-0.2, -0.15) is 0 Å². The first-order chi connectivity index (χ1) is 11.0. The summed E-state index contributed by atoms with van der Waals surface area (Å²) in [5.74, 6) is 4.16. The highest BCUT2D eigenvalue weighted by atomic mass is 16.7. The number of terminal acetylenes is 1. The average molecular weight is 310 g/mol. The van der Waals surface area contributed by atoms with Gasteiger partial charge in [0, 0.05) is 6.42 Å². The largest absolute Gasteiger partial charge is 0.348 e. The monoisotopic (exact) mass is 310 g/mol. The van der Waals surface area contributed by atoms with Gasteiger partial charge in [-0.1, -0.05) is 57.0 Å². The first-order valence-electron chi connectivity index (χ1n) is 8.79. The summed E-state index contributed by atoms with van der Waals surface area (Å²) in [4.78, 5) is 0. The Kier molecular flexibility index (Phi) is 3.38. The lowest BCUT2D eigenvalue weighted by Gasteiger charge is -2.38. The van der Waals surface area contributed by atoms with Crippen molar-refractivity contribution in [3.05, 3.63) is 35.9 Å². The van der Waals surface area contributed by atoms with Crippen LogP contribution in [0.3, 0.4) is 0 Å². The lowest BCUT2D eigenvalue weighted by molar-refractivity contribution is -0.177. The summed E-state index contributed by atoms with van der Waals surface area (Å²) in [7, 11) is 0. The first-order valence-corrected chi connectivity index (χ1v) is 8.79. The van der Waals surface area contributed by atoms with Crippen molar-refractivity contribution >= 4 is 0 Å². The molecule has 2 saturated carbocycles. The van der Waals surface area contributed by atoms with Crippen LogP contribution in [0.4, 0.5) is 0 Å². The van der Waals surface area contributed by atoms with Gasteiger partial charge in [-0.3, -0.25) is 0 Å². The van der Waals surface area contributed by atoms with Gasteiger partial charge in [0.25, 0.3) is 0 Å². The van der Waals surface area contributed by atoms with Crippen molar-refractivity contribution in [3.63, 3.8) is 0 Å². The molecule has 0 amide bonds. The van der Waals surface area contributed by atoms with Crippen molar-refractivity contribution in [3.8, 4) is 12.3 Å². The van der Waals surface area contributed by atoms with Crippen LogP contribution in [-0.2, 0) is 9.47 Å². The molecule has 1 aromatic carbocycles. The van der Waals surface area contributed by atoms with Gasteiger partial charge in [0.05, 0.1) is 6.10 Å². The van der Waals surface area contributed by atoms with Crippen LogP contribution in [0.1, 0.15) is 51.7 Å². The van der Waals surface area contributed by atoms with Gasteiger partial charge < -0.3 is 9.47 Å². The zero-order valence-electron chi connectivity index (χ0n) is 14.3. The molecular formula is C21H26O2. The van der Waals surface area contributed by atoms with Crippen molar-refractivity contribution in [1.82, 2.24) is 0 Å². The second kappa shape index (κ2) is 5.10. The zero-order valence-corrected chi connectivity index (χ0v) is 14.3. The van der Waals surface area contributed by atoms with Gasteiger partial charge in [0.1, 0.15) is 6.10 Å². The normalized spacial score (nSPS) is 41.5. The Hall–Kier alpha value is -1.30. The van der Waals surface area contributed by atoms with Crippen molar-refractivity contribution in [2.45, 2.75) is 58.5 Å². The number of benzene rings is 1. The molecule has 2 nitrogen and oxygen atoms in total. The van der Waals surface area contributed by atoms with Crippen LogP contribution in [0.2, 0.25) is 0 Å². The Morgan fingerprint density at radius 2 is 2.00 bits per heavy atom. The summed E-state index contributed by atoms with van der Waals surface area (Å²) in [6.07, 6.45) is 9.14. The maximum absolute atomic E-state index is 6.39. The van der Waals surface area contributed by atoms with E-state index in [0.29, 0.717) is 17.4 Å². The molecule has 3 fully saturated rings. The summed E-state index contributed by atoms with van der Waals surface area (Å²) >= 11 is 0. The second-order valence-corrected chi connectivity index (χ2v) is 8.26. The van der Waals surface area contributed by atoms with E-state index >= 15 is 0 Å². The maximum Gasteiger partial charge on any atom is 0.160 e. The molecule has 1 aromatic rings. The second-order valence-electron chi connectivity index (χ2n) is 8.26. The topological polar surface area (TPSA) is 18.5 Å². The molecule has 0 radical (unpaired) electrons. The van der Waals surface area contributed by atoms with Crippen LogP contribution in [0.15, 0.2) is 30.3 Å². The summed E-state index contributed by atoms with van der Waals surface area (Å²) < 4.78 is 12.6. The molecule has 0 aromatic heterocycles. The minimum absolute atomic E-state index is 0.165. The highest BCUT2D eigenvalue weighted by Gasteiger charge is 2.69. The van der Waals surface area contributed by atoms with E-state index in [9.17, 15) is 0 Å². The van der Waals surface area contributed by atoms with E-state index in [4.69, 9.17) is 15.9 Å². The molecule has 23 heavy (non-hydrogen) atoms. The van der Waals surface area contributed by atoms with Gasteiger partial charge in [-0.25, -0.2) is 0 Å². The highest BCUT2D eigenvalue weighted by Crippen LogP contribution is 2.71. The standard InChI is InChI=1S/C21H26O2/c1-5-17(14-9-7-6-8-10-14)22-18-13-15-16-11-12-21(4,19(15)23-18)20(16,2)3/h1,6-10,15-19H,11-13H2,2-4H3/t15-,16+,17-,18-,19-,21-/m0/s1. The quantitative estimate of drug-likeness (QED) is 0.762. The van der Waals surface area contributed by atoms with Crippen LogP contribution >= 0.6 is 0 Å². The number of ether oxygens (including phenoxy) is 2. The van der Waals surface area contributed by atoms with Crippen LogP contribution in [0, 0.1) is 35.0 Å². The minimum atomic E-state index is -0.321. The summed E-state index contributed by atoms with van der Waals surface area (Å²) in [5.41, 5.74) is 1.68. The third-order valence-corrected chi connectivity index (χ3v) is 7.21. The van der Waals surface area contributed by atoms with Gasteiger partial charge in [0.15, 0.2) is 6.29 Å². The molecule has 0 unspecified atom stereocenters. The van der Waals surface area contributed by atoms with Crippen LogP contribution < -0.4 is 0 Å². The van der Waals surface area contributed by atoms with E-state index in [0.717, 1.165) is 17.9 Å². The molecule has 2 bridgehead atoms. The Morgan fingerprint density at radius 3 is 2.65 bits per heavy atom. The molecule has 0 spiro atoms. The molecule has 122 valence electrons. The van der Waals surface area contributed by atoms with Crippen molar-refractivity contribution in [2.24, 2.45) is 22.7 Å². The number of fused-ring (bicyclic) bond motifs is 5. The van der Waals surface area contributed by atoms with E-state index in [2.05, 4.69) is 26.7 Å². The van der Waals surface area contributed by atoms with Crippen LogP contribution in [0.25, 0.3) is 0 Å². The fourth-order valence-corrected chi connectivity index (χ4v) is 5.57. The highest BCUT2D eigenvalue weighted by molar-refractivity contribution is 5.24. The van der Waals surface area contributed by atoms with Crippen molar-refractivity contribution in [1.29, 1.82) is 0 Å². The first kappa shape index (κ1) is 15.2. The zero-order chi connectivity index (χ0) is 16.2. The van der Waals surface area contributed by atoms with Crippen molar-refractivity contribution < 1.29 is 9.47 Å². The predicted molar refractivity (Wildman–Crippen MR) is 90.5 cm³/mol.